The van der Waals surface area contributed by atoms with Crippen LogP contribution < -0.4 is 0 Å². The number of likely N-dealkylation sites (tertiary alicyclic amines) is 2. The highest BCUT2D eigenvalue weighted by Crippen LogP contribution is 2.24. The summed E-state index contributed by atoms with van der Waals surface area (Å²) in [5, 5.41) is 0. The van der Waals surface area contributed by atoms with Gasteiger partial charge in [0.15, 0.2) is 0 Å². The van der Waals surface area contributed by atoms with Gasteiger partial charge in [-0.2, -0.15) is 0 Å². The molecule has 0 radical (unpaired) electrons. The number of piperidine rings is 2. The zero-order valence-corrected chi connectivity index (χ0v) is 16.5. The van der Waals surface area contributed by atoms with Crippen LogP contribution >= 0.6 is 0 Å². The number of rotatable bonds is 9. The summed E-state index contributed by atoms with van der Waals surface area (Å²) in [5.74, 6) is 1.77. The highest BCUT2D eigenvalue weighted by atomic mass is 16.5. The largest absolute Gasteiger partial charge is 0.378 e. The van der Waals surface area contributed by atoms with E-state index in [4.69, 9.17) is 9.47 Å². The summed E-state index contributed by atoms with van der Waals surface area (Å²) in [7, 11) is 0. The first-order chi connectivity index (χ1) is 11.6. The van der Waals surface area contributed by atoms with E-state index in [1.807, 2.05) is 0 Å². The van der Waals surface area contributed by atoms with Crippen LogP contribution in [-0.4, -0.2) is 74.5 Å². The molecule has 4 nitrogen and oxygen atoms in total. The summed E-state index contributed by atoms with van der Waals surface area (Å²) in [5.41, 5.74) is 0. The van der Waals surface area contributed by atoms with E-state index in [0.29, 0.717) is 12.1 Å². The van der Waals surface area contributed by atoms with Crippen molar-refractivity contribution in [3.8, 4) is 0 Å². The van der Waals surface area contributed by atoms with Gasteiger partial charge in [-0.05, 0) is 64.5 Å². The Morgan fingerprint density at radius 2 is 1.50 bits per heavy atom. The fourth-order valence-electron chi connectivity index (χ4n) is 3.97. The molecule has 0 bridgehead atoms. The number of nitrogens with zero attached hydrogens (tertiary/aromatic N) is 2. The SMILES string of the molecule is CC(C)C1CCN(CCOCCOC2CCN(C(C)C)CC2)CC1. The Kier molecular flexibility index (Phi) is 9.02. The predicted octanol–water partition coefficient (Wildman–Crippen LogP) is 3.26. The van der Waals surface area contributed by atoms with E-state index in [1.165, 1.54) is 51.9 Å². The minimum Gasteiger partial charge on any atom is -0.378 e. The van der Waals surface area contributed by atoms with E-state index in [0.717, 1.165) is 38.2 Å². The van der Waals surface area contributed by atoms with Gasteiger partial charge in [0.05, 0.1) is 25.9 Å². The van der Waals surface area contributed by atoms with Gasteiger partial charge in [0, 0.05) is 25.7 Å². The third kappa shape index (κ3) is 6.99. The van der Waals surface area contributed by atoms with Crippen LogP contribution in [0.2, 0.25) is 0 Å². The lowest BCUT2D eigenvalue weighted by Gasteiger charge is -2.34. The minimum atomic E-state index is 0.443. The summed E-state index contributed by atoms with van der Waals surface area (Å²) in [6.07, 6.45) is 5.50. The van der Waals surface area contributed by atoms with Gasteiger partial charge in [-0.1, -0.05) is 13.8 Å². The molecule has 0 aromatic heterocycles. The van der Waals surface area contributed by atoms with E-state index in [2.05, 4.69) is 37.5 Å². The van der Waals surface area contributed by atoms with E-state index < -0.39 is 0 Å². The molecule has 2 rings (SSSR count). The molecular formula is C20H40N2O2. The summed E-state index contributed by atoms with van der Waals surface area (Å²) >= 11 is 0. The Hall–Kier alpha value is -0.160. The van der Waals surface area contributed by atoms with Crippen LogP contribution in [0.4, 0.5) is 0 Å². The van der Waals surface area contributed by atoms with Crippen LogP contribution in [0.25, 0.3) is 0 Å². The molecule has 0 aliphatic carbocycles. The molecule has 0 aromatic rings. The zero-order valence-electron chi connectivity index (χ0n) is 16.5. The van der Waals surface area contributed by atoms with Gasteiger partial charge in [-0.25, -0.2) is 0 Å². The van der Waals surface area contributed by atoms with Gasteiger partial charge in [-0.3, -0.25) is 0 Å². The molecule has 4 heteroatoms. The van der Waals surface area contributed by atoms with Gasteiger partial charge < -0.3 is 19.3 Å². The lowest BCUT2D eigenvalue weighted by Crippen LogP contribution is -2.41. The van der Waals surface area contributed by atoms with Crippen LogP contribution in [0.15, 0.2) is 0 Å². The smallest absolute Gasteiger partial charge is 0.0704 e. The van der Waals surface area contributed by atoms with Crippen molar-refractivity contribution in [3.05, 3.63) is 0 Å². The first-order valence-electron chi connectivity index (χ1n) is 10.2. The van der Waals surface area contributed by atoms with Crippen molar-refractivity contribution in [1.82, 2.24) is 9.80 Å². The van der Waals surface area contributed by atoms with Crippen molar-refractivity contribution >= 4 is 0 Å². The third-order valence-electron chi connectivity index (χ3n) is 5.91. The Bertz CT molecular complexity index is 288. The second-order valence-electron chi connectivity index (χ2n) is 8.24. The van der Waals surface area contributed by atoms with Crippen molar-refractivity contribution in [3.63, 3.8) is 0 Å². The highest BCUT2D eigenvalue weighted by Gasteiger charge is 2.22. The Labute approximate surface area is 149 Å². The van der Waals surface area contributed by atoms with Gasteiger partial charge >= 0.3 is 0 Å². The molecule has 0 saturated carbocycles. The van der Waals surface area contributed by atoms with Crippen molar-refractivity contribution in [1.29, 1.82) is 0 Å². The molecule has 0 unspecified atom stereocenters. The molecule has 142 valence electrons. The average molecular weight is 341 g/mol. The molecule has 2 fully saturated rings. The average Bonchev–Trinajstić information content (AvgIpc) is 2.58. The van der Waals surface area contributed by atoms with Crippen molar-refractivity contribution in [2.24, 2.45) is 11.8 Å². The predicted molar refractivity (Wildman–Crippen MR) is 101 cm³/mol. The maximum atomic E-state index is 5.98. The van der Waals surface area contributed by atoms with Crippen molar-refractivity contribution in [2.75, 3.05) is 52.5 Å². The fourth-order valence-corrected chi connectivity index (χ4v) is 3.97. The summed E-state index contributed by atoms with van der Waals surface area (Å²) < 4.78 is 11.8. The van der Waals surface area contributed by atoms with Crippen molar-refractivity contribution in [2.45, 2.75) is 65.5 Å². The lowest BCUT2D eigenvalue weighted by atomic mass is 9.87. The molecule has 2 aliphatic rings. The van der Waals surface area contributed by atoms with Crippen LogP contribution in [0.5, 0.6) is 0 Å². The fraction of sp³-hybridized carbons (Fsp3) is 1.00. The Morgan fingerprint density at radius 3 is 2.08 bits per heavy atom. The summed E-state index contributed by atoms with van der Waals surface area (Å²) in [4.78, 5) is 5.10. The van der Waals surface area contributed by atoms with Crippen LogP contribution in [-0.2, 0) is 9.47 Å². The van der Waals surface area contributed by atoms with Gasteiger partial charge in [0.25, 0.3) is 0 Å². The van der Waals surface area contributed by atoms with Gasteiger partial charge in [0.2, 0.25) is 0 Å². The molecule has 24 heavy (non-hydrogen) atoms. The quantitative estimate of drug-likeness (QED) is 0.602. The van der Waals surface area contributed by atoms with E-state index in [1.54, 1.807) is 0 Å². The van der Waals surface area contributed by atoms with E-state index >= 15 is 0 Å². The first-order valence-corrected chi connectivity index (χ1v) is 10.2. The molecule has 0 amide bonds. The monoisotopic (exact) mass is 340 g/mol. The van der Waals surface area contributed by atoms with Gasteiger partial charge in [-0.15, -0.1) is 0 Å². The van der Waals surface area contributed by atoms with Crippen LogP contribution in [0.3, 0.4) is 0 Å². The first kappa shape index (κ1) is 20.2. The molecule has 2 heterocycles. The molecule has 0 N–H and O–H groups in total. The number of hydrogen-bond acceptors (Lipinski definition) is 4. The van der Waals surface area contributed by atoms with Crippen molar-refractivity contribution < 1.29 is 9.47 Å². The van der Waals surface area contributed by atoms with Crippen LogP contribution in [0, 0.1) is 11.8 Å². The number of hydrogen-bond donors (Lipinski definition) is 0. The zero-order chi connectivity index (χ0) is 17.4. The lowest BCUT2D eigenvalue weighted by molar-refractivity contribution is -0.0289. The highest BCUT2D eigenvalue weighted by molar-refractivity contribution is 4.75. The second kappa shape index (κ2) is 10.7. The summed E-state index contributed by atoms with van der Waals surface area (Å²) in [6, 6.07) is 0.667. The van der Waals surface area contributed by atoms with Gasteiger partial charge in [0.1, 0.15) is 0 Å². The summed E-state index contributed by atoms with van der Waals surface area (Å²) in [6.45, 7) is 17.5. The third-order valence-corrected chi connectivity index (χ3v) is 5.91. The second-order valence-corrected chi connectivity index (χ2v) is 8.24. The van der Waals surface area contributed by atoms with E-state index in [9.17, 15) is 0 Å². The molecule has 2 saturated heterocycles. The standard InChI is InChI=1S/C20H40N2O2/c1-17(2)19-5-9-21(10-6-19)13-14-23-15-16-24-20-7-11-22(12-8-20)18(3)4/h17-20H,5-16H2,1-4H3. The minimum absolute atomic E-state index is 0.443. The molecule has 0 spiro atoms. The topological polar surface area (TPSA) is 24.9 Å². The molecule has 2 aliphatic heterocycles. The van der Waals surface area contributed by atoms with E-state index in [-0.39, 0.29) is 0 Å². The molecular weight excluding hydrogens is 300 g/mol. The maximum Gasteiger partial charge on any atom is 0.0704 e. The Balaban J connectivity index is 1.42. The number of ether oxygens (including phenoxy) is 2. The van der Waals surface area contributed by atoms with Crippen LogP contribution in [0.1, 0.15) is 53.4 Å². The Morgan fingerprint density at radius 1 is 0.833 bits per heavy atom. The molecule has 0 atom stereocenters. The maximum absolute atomic E-state index is 5.98. The molecule has 0 aromatic carbocycles. The normalized spacial score (nSPS) is 22.8.